The average Bonchev–Trinajstić information content (AvgIpc) is 3.34. The fourth-order valence-electron chi connectivity index (χ4n) is 2.04. The number of benzene rings is 1. The van der Waals surface area contributed by atoms with Crippen molar-refractivity contribution in [3.8, 4) is 0 Å². The van der Waals surface area contributed by atoms with Crippen LogP contribution < -0.4 is 16.1 Å². The van der Waals surface area contributed by atoms with E-state index in [-0.39, 0.29) is 22.9 Å². The monoisotopic (exact) mass is 297 g/mol. The van der Waals surface area contributed by atoms with Gasteiger partial charge in [-0.3, -0.25) is 14.4 Å². The molecule has 0 aliphatic heterocycles. The van der Waals surface area contributed by atoms with E-state index in [1.165, 1.54) is 18.5 Å². The molecule has 1 fully saturated rings. The number of pyridine rings is 1. The lowest BCUT2D eigenvalue weighted by Crippen LogP contribution is -2.18. The maximum absolute atomic E-state index is 12.2. The van der Waals surface area contributed by atoms with Crippen LogP contribution in [0.15, 0.2) is 47.5 Å². The van der Waals surface area contributed by atoms with Crippen molar-refractivity contribution < 1.29 is 9.59 Å². The smallest absolute Gasteiger partial charge is 0.255 e. The van der Waals surface area contributed by atoms with Crippen LogP contribution in [0.25, 0.3) is 0 Å². The Morgan fingerprint density at radius 2 is 1.95 bits per heavy atom. The summed E-state index contributed by atoms with van der Waals surface area (Å²) >= 11 is 0. The zero-order chi connectivity index (χ0) is 15.5. The van der Waals surface area contributed by atoms with Crippen molar-refractivity contribution in [1.29, 1.82) is 0 Å². The first-order valence-electron chi connectivity index (χ1n) is 7.03. The number of hydrogen-bond acceptors (Lipinski definition) is 3. The third kappa shape index (κ3) is 3.22. The van der Waals surface area contributed by atoms with Gasteiger partial charge in [-0.2, -0.15) is 0 Å². The summed E-state index contributed by atoms with van der Waals surface area (Å²) in [5.41, 5.74) is 0.855. The zero-order valence-electron chi connectivity index (χ0n) is 11.8. The van der Waals surface area contributed by atoms with Gasteiger partial charge in [0.1, 0.15) is 5.69 Å². The van der Waals surface area contributed by atoms with E-state index in [4.69, 9.17) is 0 Å². The largest absolute Gasteiger partial charge is 0.366 e. The molecule has 0 saturated heterocycles. The summed E-state index contributed by atoms with van der Waals surface area (Å²) in [6, 6.07) is 7.97. The van der Waals surface area contributed by atoms with Crippen molar-refractivity contribution in [2.45, 2.75) is 12.8 Å². The molecule has 112 valence electrons. The second-order valence-corrected chi connectivity index (χ2v) is 5.22. The Bertz CT molecular complexity index is 778. The molecule has 3 rings (SSSR count). The van der Waals surface area contributed by atoms with Gasteiger partial charge in [0.05, 0.1) is 0 Å². The molecule has 0 unspecified atom stereocenters. The van der Waals surface area contributed by atoms with Gasteiger partial charge in [0, 0.05) is 35.6 Å². The normalized spacial score (nSPS) is 13.5. The summed E-state index contributed by atoms with van der Waals surface area (Å²) < 4.78 is 0. The standard InChI is InChI=1S/C16H15N3O3/c20-14-6-7-17-9-13(14)19-16(22)11-2-1-3-12(8-11)18-15(21)10-4-5-10/h1-3,6-10H,4-5H2,(H,17,20)(H,18,21)(H,19,22). The highest BCUT2D eigenvalue weighted by atomic mass is 16.2. The van der Waals surface area contributed by atoms with Gasteiger partial charge in [-0.25, -0.2) is 0 Å². The predicted octanol–water partition coefficient (Wildman–Crippen LogP) is 1.98. The first-order valence-corrected chi connectivity index (χ1v) is 7.03. The number of rotatable bonds is 4. The van der Waals surface area contributed by atoms with Gasteiger partial charge in [0.15, 0.2) is 0 Å². The molecule has 6 heteroatoms. The number of carbonyl (C=O) groups is 2. The average molecular weight is 297 g/mol. The second kappa shape index (κ2) is 5.85. The van der Waals surface area contributed by atoms with E-state index in [2.05, 4.69) is 15.6 Å². The van der Waals surface area contributed by atoms with E-state index in [9.17, 15) is 14.4 Å². The van der Waals surface area contributed by atoms with Crippen LogP contribution in [0.4, 0.5) is 11.4 Å². The summed E-state index contributed by atoms with van der Waals surface area (Å²) in [5, 5.41) is 5.33. The quantitative estimate of drug-likeness (QED) is 0.805. The minimum atomic E-state index is -0.403. The van der Waals surface area contributed by atoms with Gasteiger partial charge in [-0.1, -0.05) is 6.07 Å². The van der Waals surface area contributed by atoms with E-state index >= 15 is 0 Å². The Balaban J connectivity index is 1.73. The van der Waals surface area contributed by atoms with Crippen LogP contribution in [-0.4, -0.2) is 16.8 Å². The van der Waals surface area contributed by atoms with Crippen molar-refractivity contribution in [2.75, 3.05) is 10.6 Å². The van der Waals surface area contributed by atoms with Crippen LogP contribution in [0.1, 0.15) is 23.2 Å². The van der Waals surface area contributed by atoms with Gasteiger partial charge >= 0.3 is 0 Å². The van der Waals surface area contributed by atoms with Crippen molar-refractivity contribution >= 4 is 23.2 Å². The molecule has 2 amide bonds. The van der Waals surface area contributed by atoms with E-state index in [0.29, 0.717) is 11.3 Å². The Hall–Kier alpha value is -2.89. The molecule has 0 bridgehead atoms. The third-order valence-corrected chi connectivity index (χ3v) is 3.41. The molecule has 1 aliphatic carbocycles. The number of amides is 2. The first-order chi connectivity index (χ1) is 10.6. The number of aromatic nitrogens is 1. The lowest BCUT2D eigenvalue weighted by molar-refractivity contribution is -0.117. The van der Waals surface area contributed by atoms with Crippen LogP contribution in [-0.2, 0) is 4.79 Å². The number of aromatic amines is 1. The predicted molar refractivity (Wildman–Crippen MR) is 82.8 cm³/mol. The van der Waals surface area contributed by atoms with Gasteiger partial charge in [0.25, 0.3) is 5.91 Å². The summed E-state index contributed by atoms with van der Waals surface area (Å²) in [6.07, 6.45) is 4.76. The van der Waals surface area contributed by atoms with Crippen molar-refractivity contribution in [3.05, 3.63) is 58.5 Å². The molecule has 0 atom stereocenters. The van der Waals surface area contributed by atoms with Gasteiger partial charge in [0.2, 0.25) is 11.3 Å². The topological polar surface area (TPSA) is 91.1 Å². The Labute approximate surface area is 126 Å². The molecule has 3 N–H and O–H groups in total. The first kappa shape index (κ1) is 14.1. The fraction of sp³-hybridized carbons (Fsp3) is 0.188. The Morgan fingerprint density at radius 1 is 1.14 bits per heavy atom. The van der Waals surface area contributed by atoms with Crippen LogP contribution >= 0.6 is 0 Å². The molecule has 22 heavy (non-hydrogen) atoms. The number of hydrogen-bond donors (Lipinski definition) is 3. The molecule has 1 aliphatic rings. The molecule has 2 aromatic rings. The Kier molecular flexibility index (Phi) is 3.74. The fourth-order valence-corrected chi connectivity index (χ4v) is 2.04. The molecule has 1 aromatic carbocycles. The van der Waals surface area contributed by atoms with Gasteiger partial charge in [-0.05, 0) is 31.0 Å². The zero-order valence-corrected chi connectivity index (χ0v) is 11.8. The third-order valence-electron chi connectivity index (χ3n) is 3.41. The highest BCUT2D eigenvalue weighted by molar-refractivity contribution is 6.05. The number of H-pyrrole nitrogens is 1. The molecular formula is C16H15N3O3. The number of anilines is 2. The summed E-state index contributed by atoms with van der Waals surface area (Å²) in [5.74, 6) is -0.323. The molecule has 1 saturated carbocycles. The summed E-state index contributed by atoms with van der Waals surface area (Å²) in [6.45, 7) is 0. The highest BCUT2D eigenvalue weighted by Crippen LogP contribution is 2.30. The minimum absolute atomic E-state index is 0.0166. The van der Waals surface area contributed by atoms with Crippen molar-refractivity contribution in [3.63, 3.8) is 0 Å². The molecule has 6 nitrogen and oxygen atoms in total. The number of carbonyl (C=O) groups excluding carboxylic acids is 2. The van der Waals surface area contributed by atoms with Crippen molar-refractivity contribution in [2.24, 2.45) is 5.92 Å². The molecule has 1 heterocycles. The van der Waals surface area contributed by atoms with E-state index in [1.54, 1.807) is 24.3 Å². The molecule has 1 aromatic heterocycles. The van der Waals surface area contributed by atoms with Crippen LogP contribution in [0.2, 0.25) is 0 Å². The van der Waals surface area contributed by atoms with Gasteiger partial charge < -0.3 is 15.6 Å². The second-order valence-electron chi connectivity index (χ2n) is 5.22. The van der Waals surface area contributed by atoms with E-state index < -0.39 is 5.91 Å². The van der Waals surface area contributed by atoms with Crippen LogP contribution in [0, 0.1) is 5.92 Å². The van der Waals surface area contributed by atoms with Crippen LogP contribution in [0.5, 0.6) is 0 Å². The summed E-state index contributed by atoms with van der Waals surface area (Å²) in [7, 11) is 0. The maximum Gasteiger partial charge on any atom is 0.255 e. The lowest BCUT2D eigenvalue weighted by atomic mass is 10.2. The van der Waals surface area contributed by atoms with E-state index in [1.807, 2.05) is 0 Å². The van der Waals surface area contributed by atoms with Crippen LogP contribution in [0.3, 0.4) is 0 Å². The van der Waals surface area contributed by atoms with E-state index in [0.717, 1.165) is 12.8 Å². The van der Waals surface area contributed by atoms with Gasteiger partial charge in [-0.15, -0.1) is 0 Å². The SMILES string of the molecule is O=C(Nc1c[nH]ccc1=O)c1cccc(NC(=O)C2CC2)c1. The number of nitrogens with one attached hydrogen (secondary N) is 3. The lowest BCUT2D eigenvalue weighted by Gasteiger charge is -2.07. The molecule has 0 radical (unpaired) electrons. The molecule has 0 spiro atoms. The highest BCUT2D eigenvalue weighted by Gasteiger charge is 2.29. The summed E-state index contributed by atoms with van der Waals surface area (Å²) in [4.78, 5) is 38.2. The maximum atomic E-state index is 12.2. The minimum Gasteiger partial charge on any atom is -0.366 e. The Morgan fingerprint density at radius 3 is 2.68 bits per heavy atom. The van der Waals surface area contributed by atoms with Crippen molar-refractivity contribution in [1.82, 2.24) is 4.98 Å². The molecular weight excluding hydrogens is 282 g/mol.